The summed E-state index contributed by atoms with van der Waals surface area (Å²) in [6, 6.07) is 68.8. The molecule has 272 valence electrons. The van der Waals surface area contributed by atoms with E-state index < -0.39 is 0 Å². The summed E-state index contributed by atoms with van der Waals surface area (Å²) in [5, 5.41) is 10.1. The molecule has 2 nitrogen and oxygen atoms in total. The van der Waals surface area contributed by atoms with Gasteiger partial charge in [0.25, 0.3) is 0 Å². The van der Waals surface area contributed by atoms with Gasteiger partial charge in [0, 0.05) is 11.0 Å². The fourth-order valence-corrected chi connectivity index (χ4v) is 9.85. The largest absolute Gasteiger partial charge is 0.436 e. The third kappa shape index (κ3) is 4.82. The Balaban J connectivity index is 1.09. The van der Waals surface area contributed by atoms with Crippen LogP contribution in [0.25, 0.3) is 110 Å². The van der Waals surface area contributed by atoms with Crippen molar-refractivity contribution in [1.29, 1.82) is 0 Å². The average molecular weight is 740 g/mol. The van der Waals surface area contributed by atoms with Crippen molar-refractivity contribution in [2.24, 2.45) is 0 Å². The molecule has 1 aliphatic carbocycles. The van der Waals surface area contributed by atoms with Crippen LogP contribution in [0.5, 0.6) is 0 Å². The van der Waals surface area contributed by atoms with Gasteiger partial charge in [0.1, 0.15) is 5.52 Å². The van der Waals surface area contributed by atoms with Gasteiger partial charge in [-0.2, -0.15) is 0 Å². The van der Waals surface area contributed by atoms with E-state index >= 15 is 0 Å². The van der Waals surface area contributed by atoms with E-state index in [2.05, 4.69) is 178 Å². The SMILES string of the molecule is CC1(C)c2cc(-c3ccc(-c4nc5ccccc5o4)cc3)ccc2-c2cc3c(-c4cccc5ccccc45)c4ccccc4c(-c4cccc5ccccc45)c3cc21. The standard InChI is InChI=1S/C56H37NO/c1-56(2)49-31-38(34-25-27-37(28-26-34)55-57-51-23-9-10-24-52(51)58-55)29-30-41(49)46-32-47-48(33-50(46)56)54(43-22-12-16-36-14-4-6-18-40(36)43)45-20-8-7-19-44(45)53(47)42-21-11-15-35-13-3-5-17-39(35)42/h3-33H,1-2H3. The Morgan fingerprint density at radius 1 is 0.379 bits per heavy atom. The lowest BCUT2D eigenvalue weighted by Crippen LogP contribution is -2.15. The van der Waals surface area contributed by atoms with Gasteiger partial charge in [-0.1, -0.05) is 159 Å². The molecule has 0 bridgehead atoms. The molecule has 0 spiro atoms. The number of hydrogen-bond donors (Lipinski definition) is 0. The predicted octanol–water partition coefficient (Wildman–Crippen LogP) is 15.4. The summed E-state index contributed by atoms with van der Waals surface area (Å²) in [4.78, 5) is 4.73. The maximum absolute atomic E-state index is 6.09. The topological polar surface area (TPSA) is 26.0 Å². The zero-order chi connectivity index (χ0) is 38.5. The van der Waals surface area contributed by atoms with Gasteiger partial charge < -0.3 is 4.42 Å². The van der Waals surface area contributed by atoms with Crippen LogP contribution in [-0.4, -0.2) is 4.98 Å². The quantitative estimate of drug-likeness (QED) is 0.168. The normalized spacial score (nSPS) is 13.1. The van der Waals surface area contributed by atoms with Crippen LogP contribution in [0.4, 0.5) is 0 Å². The molecule has 0 saturated heterocycles. The number of para-hydroxylation sites is 2. The number of benzene rings is 10. The fourth-order valence-electron chi connectivity index (χ4n) is 9.85. The number of rotatable bonds is 4. The number of oxazole rings is 1. The molecule has 0 atom stereocenters. The number of nitrogens with zero attached hydrogens (tertiary/aromatic N) is 1. The van der Waals surface area contributed by atoms with Gasteiger partial charge >= 0.3 is 0 Å². The van der Waals surface area contributed by atoms with Crippen LogP contribution in [0.15, 0.2) is 192 Å². The van der Waals surface area contributed by atoms with Gasteiger partial charge in [0.05, 0.1) is 0 Å². The zero-order valence-corrected chi connectivity index (χ0v) is 32.3. The molecule has 0 radical (unpaired) electrons. The number of hydrogen-bond acceptors (Lipinski definition) is 2. The maximum Gasteiger partial charge on any atom is 0.227 e. The Hall–Kier alpha value is -7.29. The first-order chi connectivity index (χ1) is 28.5. The lowest BCUT2D eigenvalue weighted by Gasteiger charge is -2.24. The van der Waals surface area contributed by atoms with Crippen LogP contribution >= 0.6 is 0 Å². The number of aromatic nitrogens is 1. The van der Waals surface area contributed by atoms with Crippen molar-refractivity contribution in [3.05, 3.63) is 199 Å². The molecule has 58 heavy (non-hydrogen) atoms. The van der Waals surface area contributed by atoms with Crippen molar-refractivity contribution in [2.45, 2.75) is 19.3 Å². The molecule has 0 aliphatic heterocycles. The molecular weight excluding hydrogens is 703 g/mol. The van der Waals surface area contributed by atoms with E-state index in [1.165, 1.54) is 98.7 Å². The van der Waals surface area contributed by atoms with E-state index in [1.807, 2.05) is 24.3 Å². The third-order valence-electron chi connectivity index (χ3n) is 12.7. The first-order valence-corrected chi connectivity index (χ1v) is 20.1. The highest BCUT2D eigenvalue weighted by atomic mass is 16.3. The van der Waals surface area contributed by atoms with E-state index in [-0.39, 0.29) is 5.41 Å². The van der Waals surface area contributed by atoms with Crippen molar-refractivity contribution in [3.63, 3.8) is 0 Å². The minimum Gasteiger partial charge on any atom is -0.436 e. The fraction of sp³-hybridized carbons (Fsp3) is 0.0536. The van der Waals surface area contributed by atoms with Crippen LogP contribution in [0, 0.1) is 0 Å². The Kier molecular flexibility index (Phi) is 7.01. The molecule has 1 aromatic heterocycles. The molecule has 1 heterocycles. The highest BCUT2D eigenvalue weighted by Crippen LogP contribution is 2.54. The van der Waals surface area contributed by atoms with E-state index in [4.69, 9.17) is 9.40 Å². The van der Waals surface area contributed by atoms with Crippen molar-refractivity contribution in [1.82, 2.24) is 4.98 Å². The Bertz CT molecular complexity index is 3430. The summed E-state index contributed by atoms with van der Waals surface area (Å²) in [6.45, 7) is 4.79. The molecule has 10 aromatic carbocycles. The highest BCUT2D eigenvalue weighted by molar-refractivity contribution is 6.26. The van der Waals surface area contributed by atoms with Gasteiger partial charge in [-0.05, 0) is 141 Å². The van der Waals surface area contributed by atoms with Crippen molar-refractivity contribution < 1.29 is 4.42 Å². The molecule has 0 amide bonds. The first-order valence-electron chi connectivity index (χ1n) is 20.1. The number of fused-ring (bicyclic) bond motifs is 8. The molecule has 0 N–H and O–H groups in total. The Morgan fingerprint density at radius 3 is 1.55 bits per heavy atom. The Morgan fingerprint density at radius 2 is 0.897 bits per heavy atom. The van der Waals surface area contributed by atoms with Gasteiger partial charge in [0.15, 0.2) is 5.58 Å². The minimum atomic E-state index is -0.228. The molecule has 2 heteroatoms. The van der Waals surface area contributed by atoms with Crippen LogP contribution in [0.3, 0.4) is 0 Å². The molecular formula is C56H37NO. The van der Waals surface area contributed by atoms with Crippen molar-refractivity contribution >= 4 is 54.2 Å². The van der Waals surface area contributed by atoms with Gasteiger partial charge in [-0.25, -0.2) is 4.98 Å². The molecule has 0 unspecified atom stereocenters. The summed E-state index contributed by atoms with van der Waals surface area (Å²) in [5.41, 5.74) is 15.2. The Labute approximate surface area is 336 Å². The average Bonchev–Trinajstić information content (AvgIpc) is 3.80. The third-order valence-corrected chi connectivity index (χ3v) is 12.7. The predicted molar refractivity (Wildman–Crippen MR) is 243 cm³/mol. The lowest BCUT2D eigenvalue weighted by atomic mass is 9.78. The molecule has 11 aromatic rings. The van der Waals surface area contributed by atoms with E-state index in [0.717, 1.165) is 16.7 Å². The van der Waals surface area contributed by atoms with Crippen molar-refractivity contribution in [2.75, 3.05) is 0 Å². The van der Waals surface area contributed by atoms with Crippen molar-refractivity contribution in [3.8, 4) is 56.0 Å². The van der Waals surface area contributed by atoms with E-state index in [9.17, 15) is 0 Å². The second-order valence-corrected chi connectivity index (χ2v) is 16.2. The zero-order valence-electron chi connectivity index (χ0n) is 32.3. The summed E-state index contributed by atoms with van der Waals surface area (Å²) < 4.78 is 6.09. The summed E-state index contributed by atoms with van der Waals surface area (Å²) in [6.07, 6.45) is 0. The molecule has 0 saturated carbocycles. The van der Waals surface area contributed by atoms with Gasteiger partial charge in [-0.15, -0.1) is 0 Å². The van der Waals surface area contributed by atoms with Crippen LogP contribution in [-0.2, 0) is 5.41 Å². The summed E-state index contributed by atoms with van der Waals surface area (Å²) in [7, 11) is 0. The minimum absolute atomic E-state index is 0.228. The monoisotopic (exact) mass is 739 g/mol. The maximum atomic E-state index is 6.09. The summed E-state index contributed by atoms with van der Waals surface area (Å²) >= 11 is 0. The first kappa shape index (κ1) is 32.9. The van der Waals surface area contributed by atoms with Crippen LogP contribution < -0.4 is 0 Å². The second-order valence-electron chi connectivity index (χ2n) is 16.2. The van der Waals surface area contributed by atoms with E-state index in [1.54, 1.807) is 0 Å². The summed E-state index contributed by atoms with van der Waals surface area (Å²) in [5.74, 6) is 0.642. The van der Waals surface area contributed by atoms with Crippen LogP contribution in [0.1, 0.15) is 25.0 Å². The molecule has 12 rings (SSSR count). The lowest BCUT2D eigenvalue weighted by molar-refractivity contribution is 0.620. The van der Waals surface area contributed by atoms with E-state index in [0.29, 0.717) is 5.89 Å². The molecule has 0 fully saturated rings. The smallest absolute Gasteiger partial charge is 0.227 e. The molecule has 1 aliphatic rings. The highest BCUT2D eigenvalue weighted by Gasteiger charge is 2.37. The van der Waals surface area contributed by atoms with Gasteiger partial charge in [-0.3, -0.25) is 0 Å². The van der Waals surface area contributed by atoms with Crippen LogP contribution in [0.2, 0.25) is 0 Å². The second kappa shape index (κ2) is 12.4. The van der Waals surface area contributed by atoms with Gasteiger partial charge in [0.2, 0.25) is 5.89 Å².